The third kappa shape index (κ3) is 2.17. The van der Waals surface area contributed by atoms with Gasteiger partial charge in [0.2, 0.25) is 5.82 Å². The molecule has 1 aromatic heterocycles. The lowest BCUT2D eigenvalue weighted by Crippen LogP contribution is -2.12. The summed E-state index contributed by atoms with van der Waals surface area (Å²) in [4.78, 5) is 4.08. The van der Waals surface area contributed by atoms with Gasteiger partial charge in [-0.3, -0.25) is 0 Å². The van der Waals surface area contributed by atoms with Crippen LogP contribution in [0.25, 0.3) is 0 Å². The highest BCUT2D eigenvalue weighted by Crippen LogP contribution is 2.41. The van der Waals surface area contributed by atoms with Gasteiger partial charge in [-0.2, -0.15) is 4.98 Å². The van der Waals surface area contributed by atoms with Crippen LogP contribution in [-0.4, -0.2) is 28.9 Å². The van der Waals surface area contributed by atoms with Crippen LogP contribution in [-0.2, 0) is 4.74 Å². The predicted octanol–water partition coefficient (Wildman–Crippen LogP) is 0.159. The molecule has 2 rings (SSSR count). The minimum atomic E-state index is -0.886. The van der Waals surface area contributed by atoms with Gasteiger partial charge in [-0.05, 0) is 18.8 Å². The monoisotopic (exact) mass is 213 g/mol. The molecule has 84 valence electrons. The van der Waals surface area contributed by atoms with Crippen LogP contribution in [0, 0.1) is 5.92 Å². The van der Waals surface area contributed by atoms with Crippen molar-refractivity contribution >= 4 is 0 Å². The Labute approximate surface area is 87.4 Å². The number of nitrogens with zero attached hydrogens (tertiary/aromatic N) is 2. The molecular formula is C9H15N3O3. The van der Waals surface area contributed by atoms with Gasteiger partial charge in [-0.1, -0.05) is 5.16 Å². The summed E-state index contributed by atoms with van der Waals surface area (Å²) >= 11 is 0. The van der Waals surface area contributed by atoms with E-state index in [1.165, 1.54) is 0 Å². The van der Waals surface area contributed by atoms with E-state index in [-0.39, 0.29) is 18.5 Å². The van der Waals surface area contributed by atoms with Gasteiger partial charge in [-0.25, -0.2) is 0 Å². The zero-order valence-corrected chi connectivity index (χ0v) is 8.59. The summed E-state index contributed by atoms with van der Waals surface area (Å²) in [6.07, 6.45) is 1.25. The molecule has 0 aromatic carbocycles. The van der Waals surface area contributed by atoms with Crippen molar-refractivity contribution in [3.63, 3.8) is 0 Å². The molecule has 1 aliphatic carbocycles. The Hall–Kier alpha value is -0.980. The second-order valence-corrected chi connectivity index (χ2v) is 3.74. The fourth-order valence-corrected chi connectivity index (χ4v) is 1.51. The van der Waals surface area contributed by atoms with Crippen molar-refractivity contribution in [2.24, 2.45) is 11.7 Å². The summed E-state index contributed by atoms with van der Waals surface area (Å²) in [7, 11) is 1.62. The van der Waals surface area contributed by atoms with Crippen LogP contribution >= 0.6 is 0 Å². The summed E-state index contributed by atoms with van der Waals surface area (Å²) in [5, 5.41) is 13.2. The molecule has 6 heteroatoms. The first kappa shape index (κ1) is 10.5. The van der Waals surface area contributed by atoms with Gasteiger partial charge in [0.25, 0.3) is 5.89 Å². The Morgan fingerprint density at radius 1 is 1.67 bits per heavy atom. The topological polar surface area (TPSA) is 94.4 Å². The molecule has 1 heterocycles. The molecule has 15 heavy (non-hydrogen) atoms. The van der Waals surface area contributed by atoms with Crippen LogP contribution in [0.3, 0.4) is 0 Å². The minimum absolute atomic E-state index is 0.0721. The van der Waals surface area contributed by atoms with E-state index in [1.807, 2.05) is 0 Å². The molecule has 0 bridgehead atoms. The molecule has 2 atom stereocenters. The van der Waals surface area contributed by atoms with Crippen LogP contribution in [0.1, 0.15) is 36.8 Å². The van der Waals surface area contributed by atoms with Gasteiger partial charge in [0.1, 0.15) is 12.2 Å². The van der Waals surface area contributed by atoms with Crippen molar-refractivity contribution in [1.82, 2.24) is 10.1 Å². The van der Waals surface area contributed by atoms with E-state index in [1.54, 1.807) is 7.11 Å². The Bertz CT molecular complexity index is 324. The minimum Gasteiger partial charge on any atom is -0.382 e. The second kappa shape index (κ2) is 4.26. The molecule has 0 spiro atoms. The highest BCUT2D eigenvalue weighted by atomic mass is 16.5. The molecular weight excluding hydrogens is 198 g/mol. The number of hydrogen-bond acceptors (Lipinski definition) is 6. The number of rotatable bonds is 5. The SMILES string of the molecule is COC(c1noc([C@@H](O)CN)n1)C1CC1. The number of nitrogens with two attached hydrogens (primary N) is 1. The second-order valence-electron chi connectivity index (χ2n) is 3.74. The van der Waals surface area contributed by atoms with Crippen molar-refractivity contribution in [3.05, 3.63) is 11.7 Å². The van der Waals surface area contributed by atoms with E-state index >= 15 is 0 Å². The van der Waals surface area contributed by atoms with Crippen LogP contribution in [0.2, 0.25) is 0 Å². The molecule has 1 aromatic rings. The molecule has 0 radical (unpaired) electrons. The predicted molar refractivity (Wildman–Crippen MR) is 50.8 cm³/mol. The Morgan fingerprint density at radius 2 is 2.40 bits per heavy atom. The highest BCUT2D eigenvalue weighted by Gasteiger charge is 2.35. The maximum Gasteiger partial charge on any atom is 0.256 e. The lowest BCUT2D eigenvalue weighted by Gasteiger charge is -2.08. The number of aliphatic hydroxyl groups is 1. The fraction of sp³-hybridized carbons (Fsp3) is 0.778. The molecule has 0 aliphatic heterocycles. The summed E-state index contributed by atoms with van der Waals surface area (Å²) in [6, 6.07) is 0. The van der Waals surface area contributed by atoms with Gasteiger partial charge in [0.15, 0.2) is 0 Å². The molecule has 1 saturated carbocycles. The van der Waals surface area contributed by atoms with Crippen molar-refractivity contribution in [1.29, 1.82) is 0 Å². The number of aromatic nitrogens is 2. The van der Waals surface area contributed by atoms with Gasteiger partial charge < -0.3 is 20.1 Å². The first-order valence-electron chi connectivity index (χ1n) is 5.00. The Morgan fingerprint density at radius 3 is 2.93 bits per heavy atom. The van der Waals surface area contributed by atoms with Crippen molar-refractivity contribution in [3.8, 4) is 0 Å². The van der Waals surface area contributed by atoms with E-state index in [2.05, 4.69) is 10.1 Å². The molecule has 1 aliphatic rings. The standard InChI is InChI=1S/C9H15N3O3/c1-14-7(5-2-3-5)8-11-9(15-12-8)6(13)4-10/h5-7,13H,2-4,10H2,1H3/t6-,7?/m0/s1. The lowest BCUT2D eigenvalue weighted by atomic mass is 10.2. The van der Waals surface area contributed by atoms with Crippen LogP contribution in [0.4, 0.5) is 0 Å². The Balaban J connectivity index is 2.10. The van der Waals surface area contributed by atoms with Crippen LogP contribution < -0.4 is 5.73 Å². The fourth-order valence-electron chi connectivity index (χ4n) is 1.51. The summed E-state index contributed by atoms with van der Waals surface area (Å²) in [5.74, 6) is 1.15. The van der Waals surface area contributed by atoms with Crippen LogP contribution in [0.15, 0.2) is 4.52 Å². The van der Waals surface area contributed by atoms with E-state index < -0.39 is 6.10 Å². The first-order chi connectivity index (χ1) is 7.26. The molecule has 0 amide bonds. The summed E-state index contributed by atoms with van der Waals surface area (Å²) in [6.45, 7) is 0.0721. The van der Waals surface area contributed by atoms with Gasteiger partial charge >= 0.3 is 0 Å². The molecule has 0 saturated heterocycles. The normalized spacial score (nSPS) is 20.2. The highest BCUT2D eigenvalue weighted by molar-refractivity contribution is 4.99. The lowest BCUT2D eigenvalue weighted by molar-refractivity contribution is 0.0750. The van der Waals surface area contributed by atoms with E-state index in [4.69, 9.17) is 15.0 Å². The molecule has 3 N–H and O–H groups in total. The molecule has 1 fully saturated rings. The number of hydrogen-bond donors (Lipinski definition) is 2. The van der Waals surface area contributed by atoms with Gasteiger partial charge in [-0.15, -0.1) is 0 Å². The average molecular weight is 213 g/mol. The smallest absolute Gasteiger partial charge is 0.256 e. The zero-order valence-electron chi connectivity index (χ0n) is 8.59. The number of methoxy groups -OCH3 is 1. The third-order valence-corrected chi connectivity index (χ3v) is 2.52. The number of ether oxygens (including phenoxy) is 1. The van der Waals surface area contributed by atoms with Gasteiger partial charge in [0, 0.05) is 13.7 Å². The van der Waals surface area contributed by atoms with E-state index in [0.717, 1.165) is 12.8 Å². The maximum atomic E-state index is 9.39. The van der Waals surface area contributed by atoms with Crippen molar-refractivity contribution < 1.29 is 14.4 Å². The van der Waals surface area contributed by atoms with Crippen molar-refractivity contribution in [2.75, 3.05) is 13.7 Å². The van der Waals surface area contributed by atoms with Crippen LogP contribution in [0.5, 0.6) is 0 Å². The first-order valence-corrected chi connectivity index (χ1v) is 5.00. The van der Waals surface area contributed by atoms with E-state index in [9.17, 15) is 5.11 Å². The summed E-state index contributed by atoms with van der Waals surface area (Å²) < 4.78 is 10.2. The quantitative estimate of drug-likeness (QED) is 0.723. The van der Waals surface area contributed by atoms with E-state index in [0.29, 0.717) is 11.7 Å². The third-order valence-electron chi connectivity index (χ3n) is 2.52. The van der Waals surface area contributed by atoms with Gasteiger partial charge in [0.05, 0.1) is 0 Å². The van der Waals surface area contributed by atoms with Crippen molar-refractivity contribution in [2.45, 2.75) is 25.0 Å². The molecule has 1 unspecified atom stereocenters. The maximum absolute atomic E-state index is 9.39. The Kier molecular flexibility index (Phi) is 2.99. The largest absolute Gasteiger partial charge is 0.382 e. The average Bonchev–Trinajstić information content (AvgIpc) is 2.96. The molecule has 6 nitrogen and oxygen atoms in total. The zero-order chi connectivity index (χ0) is 10.8. The number of aliphatic hydroxyl groups excluding tert-OH is 1. The summed E-state index contributed by atoms with van der Waals surface area (Å²) in [5.41, 5.74) is 5.29.